The summed E-state index contributed by atoms with van der Waals surface area (Å²) < 4.78 is 5.89. The van der Waals surface area contributed by atoms with Crippen molar-refractivity contribution in [2.45, 2.75) is 24.6 Å². The number of nitrogens with one attached hydrogen (secondary N) is 2. The van der Waals surface area contributed by atoms with Gasteiger partial charge in [0.1, 0.15) is 6.04 Å². The molecule has 0 saturated heterocycles. The van der Waals surface area contributed by atoms with E-state index < -0.39 is 36.0 Å². The second-order valence-corrected chi connectivity index (χ2v) is 8.83. The quantitative estimate of drug-likeness (QED) is 0.270. The van der Waals surface area contributed by atoms with E-state index in [1.807, 2.05) is 24.3 Å². The fourth-order valence-corrected chi connectivity index (χ4v) is 3.78. The lowest BCUT2D eigenvalue weighted by atomic mass is 9.99. The molecular formula is C26H25IN2O5. The van der Waals surface area contributed by atoms with Crippen LogP contribution in [0.5, 0.6) is 0 Å². The van der Waals surface area contributed by atoms with Crippen LogP contribution in [0.1, 0.15) is 27.5 Å². The molecule has 0 aliphatic heterocycles. The number of hydrogen-bond donors (Lipinski definition) is 3. The molecule has 0 heterocycles. The maximum Gasteiger partial charge on any atom is 0.328 e. The van der Waals surface area contributed by atoms with E-state index in [0.29, 0.717) is 11.1 Å². The Kier molecular flexibility index (Phi) is 9.17. The van der Waals surface area contributed by atoms with E-state index in [9.17, 15) is 19.5 Å². The fourth-order valence-electron chi connectivity index (χ4n) is 3.42. The summed E-state index contributed by atoms with van der Waals surface area (Å²) in [4.78, 5) is 38.2. The van der Waals surface area contributed by atoms with Gasteiger partial charge >= 0.3 is 5.97 Å². The van der Waals surface area contributed by atoms with Crippen LogP contribution in [-0.4, -0.2) is 42.1 Å². The fraction of sp³-hybridized carbons (Fsp3) is 0.192. The Morgan fingerprint density at radius 1 is 0.882 bits per heavy atom. The maximum atomic E-state index is 13.0. The molecular weight excluding hydrogens is 547 g/mol. The van der Waals surface area contributed by atoms with Crippen LogP contribution in [0, 0.1) is 3.57 Å². The number of ether oxygens (including phenoxy) is 1. The van der Waals surface area contributed by atoms with E-state index >= 15 is 0 Å². The molecule has 0 bridgehead atoms. The molecule has 8 heteroatoms. The Morgan fingerprint density at radius 3 is 2.06 bits per heavy atom. The summed E-state index contributed by atoms with van der Waals surface area (Å²) in [6.45, 7) is 0. The molecule has 0 aromatic heterocycles. The lowest BCUT2D eigenvalue weighted by Crippen LogP contribution is -2.51. The van der Waals surface area contributed by atoms with Crippen molar-refractivity contribution in [3.63, 3.8) is 0 Å². The van der Waals surface area contributed by atoms with Crippen LogP contribution in [0.2, 0.25) is 0 Å². The Morgan fingerprint density at radius 2 is 1.47 bits per heavy atom. The summed E-state index contributed by atoms with van der Waals surface area (Å²) in [6.07, 6.45) is -1.46. The summed E-state index contributed by atoms with van der Waals surface area (Å²) in [5, 5.41) is 16.3. The van der Waals surface area contributed by atoms with Crippen molar-refractivity contribution in [2.75, 3.05) is 7.11 Å². The van der Waals surface area contributed by atoms with Crippen molar-refractivity contribution in [3.05, 3.63) is 105 Å². The molecule has 2 amide bonds. The number of esters is 1. The molecule has 3 N–H and O–H groups in total. The SMILES string of the molecule is COC(=O)[C@H](Cc1ccc(I)cc1)NC(=O)[C@H](O)[C@@H](NC(=O)c1ccccc1)c1ccccc1. The van der Waals surface area contributed by atoms with Crippen molar-refractivity contribution in [1.29, 1.82) is 0 Å². The normalized spacial score (nSPS) is 13.3. The van der Waals surface area contributed by atoms with E-state index in [1.54, 1.807) is 60.7 Å². The van der Waals surface area contributed by atoms with Crippen LogP contribution in [0.4, 0.5) is 0 Å². The number of rotatable bonds is 9. The van der Waals surface area contributed by atoms with Gasteiger partial charge in [0.25, 0.3) is 11.8 Å². The summed E-state index contributed by atoms with van der Waals surface area (Å²) in [7, 11) is 1.23. The molecule has 3 atom stereocenters. The van der Waals surface area contributed by atoms with Gasteiger partial charge in [0, 0.05) is 15.6 Å². The average Bonchev–Trinajstić information content (AvgIpc) is 2.88. The van der Waals surface area contributed by atoms with Gasteiger partial charge in [-0.2, -0.15) is 0 Å². The number of amides is 2. The van der Waals surface area contributed by atoms with Crippen molar-refractivity contribution in [2.24, 2.45) is 0 Å². The molecule has 0 spiro atoms. The first-order valence-electron chi connectivity index (χ1n) is 10.6. The predicted octanol–water partition coefficient (Wildman–Crippen LogP) is 3.02. The molecule has 0 saturated carbocycles. The first-order valence-corrected chi connectivity index (χ1v) is 11.7. The molecule has 0 unspecified atom stereocenters. The number of carbonyl (C=O) groups is 3. The molecule has 34 heavy (non-hydrogen) atoms. The summed E-state index contributed by atoms with van der Waals surface area (Å²) in [5.41, 5.74) is 1.76. The van der Waals surface area contributed by atoms with Gasteiger partial charge in [0.15, 0.2) is 6.10 Å². The van der Waals surface area contributed by atoms with Gasteiger partial charge in [-0.05, 0) is 58.0 Å². The molecule has 0 aliphatic rings. The summed E-state index contributed by atoms with van der Waals surface area (Å²) in [6, 6.07) is 22.7. The Balaban J connectivity index is 1.80. The molecule has 176 valence electrons. The third kappa shape index (κ3) is 6.88. The molecule has 3 aromatic carbocycles. The molecule has 0 radical (unpaired) electrons. The number of aliphatic hydroxyl groups excluding tert-OH is 1. The standard InChI is InChI=1S/C26H25IN2O5/c1-34-26(33)21(16-17-12-14-20(27)15-13-17)28-25(32)23(30)22(18-8-4-2-5-9-18)29-24(31)19-10-6-3-7-11-19/h2-15,21-23,30H,16H2,1H3,(H,28,32)(H,29,31)/t21-,22-,23+/m0/s1. The van der Waals surface area contributed by atoms with Crippen LogP contribution in [0.25, 0.3) is 0 Å². The van der Waals surface area contributed by atoms with Crippen molar-refractivity contribution < 1.29 is 24.2 Å². The van der Waals surface area contributed by atoms with Crippen molar-refractivity contribution in [1.82, 2.24) is 10.6 Å². The average molecular weight is 572 g/mol. The van der Waals surface area contributed by atoms with Gasteiger partial charge in [-0.25, -0.2) is 4.79 Å². The third-order valence-corrected chi connectivity index (χ3v) is 5.94. The zero-order valence-electron chi connectivity index (χ0n) is 18.5. The highest BCUT2D eigenvalue weighted by molar-refractivity contribution is 14.1. The molecule has 0 fully saturated rings. The minimum atomic E-state index is -1.65. The van der Waals surface area contributed by atoms with Gasteiger partial charge in [-0.3, -0.25) is 9.59 Å². The molecule has 0 aliphatic carbocycles. The van der Waals surface area contributed by atoms with E-state index in [2.05, 4.69) is 33.2 Å². The van der Waals surface area contributed by atoms with Gasteiger partial charge < -0.3 is 20.5 Å². The highest BCUT2D eigenvalue weighted by atomic mass is 127. The number of methoxy groups -OCH3 is 1. The highest BCUT2D eigenvalue weighted by Gasteiger charge is 2.32. The number of halogens is 1. The first-order chi connectivity index (χ1) is 16.4. The van der Waals surface area contributed by atoms with E-state index in [-0.39, 0.29) is 6.42 Å². The van der Waals surface area contributed by atoms with Gasteiger partial charge in [0.2, 0.25) is 0 Å². The van der Waals surface area contributed by atoms with Crippen LogP contribution < -0.4 is 10.6 Å². The molecule has 3 rings (SSSR count). The Labute approximate surface area is 211 Å². The first kappa shape index (κ1) is 25.4. The van der Waals surface area contributed by atoms with Crippen LogP contribution in [0.15, 0.2) is 84.9 Å². The topological polar surface area (TPSA) is 105 Å². The molecule has 3 aromatic rings. The minimum absolute atomic E-state index is 0.189. The maximum absolute atomic E-state index is 13.0. The number of benzene rings is 3. The van der Waals surface area contributed by atoms with Crippen LogP contribution >= 0.6 is 22.6 Å². The second-order valence-electron chi connectivity index (χ2n) is 7.59. The Hall–Kier alpha value is -3.24. The van der Waals surface area contributed by atoms with E-state index in [0.717, 1.165) is 9.13 Å². The van der Waals surface area contributed by atoms with Crippen LogP contribution in [0.3, 0.4) is 0 Å². The number of aliphatic hydroxyl groups is 1. The largest absolute Gasteiger partial charge is 0.467 e. The highest BCUT2D eigenvalue weighted by Crippen LogP contribution is 2.19. The van der Waals surface area contributed by atoms with Crippen molar-refractivity contribution in [3.8, 4) is 0 Å². The predicted molar refractivity (Wildman–Crippen MR) is 136 cm³/mol. The van der Waals surface area contributed by atoms with Crippen molar-refractivity contribution >= 4 is 40.4 Å². The smallest absolute Gasteiger partial charge is 0.328 e. The zero-order valence-corrected chi connectivity index (χ0v) is 20.6. The minimum Gasteiger partial charge on any atom is -0.467 e. The Bertz CT molecular complexity index is 1110. The zero-order chi connectivity index (χ0) is 24.5. The number of carbonyl (C=O) groups excluding carboxylic acids is 3. The van der Waals surface area contributed by atoms with Gasteiger partial charge in [0.05, 0.1) is 13.2 Å². The third-order valence-electron chi connectivity index (χ3n) is 5.22. The lowest BCUT2D eigenvalue weighted by Gasteiger charge is -2.26. The summed E-state index contributed by atoms with van der Waals surface area (Å²) >= 11 is 2.18. The number of hydrogen-bond acceptors (Lipinski definition) is 5. The van der Waals surface area contributed by atoms with Gasteiger partial charge in [-0.15, -0.1) is 0 Å². The van der Waals surface area contributed by atoms with E-state index in [1.165, 1.54) is 7.11 Å². The van der Waals surface area contributed by atoms with E-state index in [4.69, 9.17) is 4.74 Å². The van der Waals surface area contributed by atoms with Crippen LogP contribution in [-0.2, 0) is 20.7 Å². The molecule has 7 nitrogen and oxygen atoms in total. The lowest BCUT2D eigenvalue weighted by molar-refractivity contribution is -0.146. The summed E-state index contributed by atoms with van der Waals surface area (Å²) in [5.74, 6) is -1.88. The van der Waals surface area contributed by atoms with Gasteiger partial charge in [-0.1, -0.05) is 60.7 Å². The second kappa shape index (κ2) is 12.3. The monoisotopic (exact) mass is 572 g/mol.